The van der Waals surface area contributed by atoms with Gasteiger partial charge in [-0.1, -0.05) is 13.0 Å². The predicted octanol–water partition coefficient (Wildman–Crippen LogP) is 1.17. The average Bonchev–Trinajstić information content (AvgIpc) is 3.39. The Morgan fingerprint density at radius 3 is 2.93 bits per heavy atom. The maximum Gasteiger partial charge on any atom is 0.132 e. The van der Waals surface area contributed by atoms with Crippen LogP contribution in [-0.4, -0.2) is 46.5 Å². The molecule has 8 heteroatoms. The second kappa shape index (κ2) is 8.26. The molecule has 2 aromatic heterocycles. The molecule has 0 bridgehead atoms. The van der Waals surface area contributed by atoms with Gasteiger partial charge in [-0.25, -0.2) is 10.4 Å². The number of aryl methyl sites for hydroxylation is 2. The van der Waals surface area contributed by atoms with Crippen LogP contribution in [0.3, 0.4) is 0 Å². The van der Waals surface area contributed by atoms with Crippen molar-refractivity contribution in [1.82, 2.24) is 30.9 Å². The third-order valence-electron chi connectivity index (χ3n) is 7.02. The summed E-state index contributed by atoms with van der Waals surface area (Å²) in [5, 5.41) is 8.04. The predicted molar refractivity (Wildman–Crippen MR) is 118 cm³/mol. The van der Waals surface area contributed by atoms with E-state index in [1.54, 1.807) is 0 Å². The standard InChI is InChI=1S/C22H34N8/c1-3-14-6-7-18(26-22(14)30-8-4-5-16(23)13-30)21-17-9-19(15-10-25-29(2)12-15)24-11-20(17)27-28-21/h6-7,10,12,16-17,19-21,24,27-28H,3-5,8-9,11,13,23H2,1-2H3/t16-,17?,19?,20?,21?/m0/s1. The second-order valence-corrected chi connectivity index (χ2v) is 9.10. The van der Waals surface area contributed by atoms with Gasteiger partial charge in [0.2, 0.25) is 0 Å². The zero-order valence-electron chi connectivity index (χ0n) is 18.0. The van der Waals surface area contributed by atoms with Crippen LogP contribution in [0.2, 0.25) is 0 Å². The molecule has 2 aromatic rings. The van der Waals surface area contributed by atoms with Crippen LogP contribution in [0.15, 0.2) is 24.5 Å². The molecule has 162 valence electrons. The van der Waals surface area contributed by atoms with Crippen molar-refractivity contribution in [3.05, 3.63) is 41.3 Å². The number of rotatable bonds is 4. The number of nitrogens with zero attached hydrogens (tertiary/aromatic N) is 4. The number of aromatic nitrogens is 3. The van der Waals surface area contributed by atoms with E-state index in [1.807, 2.05) is 17.9 Å². The van der Waals surface area contributed by atoms with E-state index in [-0.39, 0.29) is 12.1 Å². The molecule has 3 fully saturated rings. The molecule has 3 aliphatic rings. The van der Waals surface area contributed by atoms with E-state index in [2.05, 4.69) is 51.4 Å². The Labute approximate surface area is 178 Å². The lowest BCUT2D eigenvalue weighted by Gasteiger charge is -2.35. The molecule has 0 saturated carbocycles. The number of hydrogen-bond acceptors (Lipinski definition) is 7. The third-order valence-corrected chi connectivity index (χ3v) is 7.02. The minimum absolute atomic E-state index is 0.208. The summed E-state index contributed by atoms with van der Waals surface area (Å²) in [6.07, 6.45) is 8.40. The van der Waals surface area contributed by atoms with Crippen LogP contribution in [0.5, 0.6) is 0 Å². The van der Waals surface area contributed by atoms with Gasteiger partial charge >= 0.3 is 0 Å². The number of hydrazine groups is 1. The number of fused-ring (bicyclic) bond motifs is 1. The quantitative estimate of drug-likeness (QED) is 0.601. The van der Waals surface area contributed by atoms with Crippen molar-refractivity contribution in [2.75, 3.05) is 24.5 Å². The van der Waals surface area contributed by atoms with E-state index < -0.39 is 0 Å². The van der Waals surface area contributed by atoms with Crippen LogP contribution in [0, 0.1) is 5.92 Å². The van der Waals surface area contributed by atoms with Crippen LogP contribution in [0.4, 0.5) is 5.82 Å². The Morgan fingerprint density at radius 1 is 1.27 bits per heavy atom. The molecule has 0 aromatic carbocycles. The van der Waals surface area contributed by atoms with Gasteiger partial charge in [-0.05, 0) is 37.3 Å². The lowest BCUT2D eigenvalue weighted by atomic mass is 9.82. The smallest absolute Gasteiger partial charge is 0.132 e. The van der Waals surface area contributed by atoms with Gasteiger partial charge in [-0.2, -0.15) is 5.10 Å². The van der Waals surface area contributed by atoms with E-state index in [4.69, 9.17) is 10.7 Å². The van der Waals surface area contributed by atoms with Gasteiger partial charge in [0, 0.05) is 62.5 Å². The van der Waals surface area contributed by atoms with Crippen molar-refractivity contribution >= 4 is 5.82 Å². The first kappa shape index (κ1) is 19.9. The lowest BCUT2D eigenvalue weighted by molar-refractivity contribution is 0.265. The summed E-state index contributed by atoms with van der Waals surface area (Å²) in [4.78, 5) is 7.61. The summed E-state index contributed by atoms with van der Waals surface area (Å²) in [5.41, 5.74) is 17.0. The van der Waals surface area contributed by atoms with Crippen molar-refractivity contribution in [2.45, 2.75) is 56.8 Å². The summed E-state index contributed by atoms with van der Waals surface area (Å²) < 4.78 is 1.88. The van der Waals surface area contributed by atoms with E-state index in [9.17, 15) is 0 Å². The zero-order valence-corrected chi connectivity index (χ0v) is 18.0. The van der Waals surface area contributed by atoms with Gasteiger partial charge in [0.15, 0.2) is 0 Å². The normalized spacial score (nSPS) is 31.7. The first-order valence-corrected chi connectivity index (χ1v) is 11.4. The zero-order chi connectivity index (χ0) is 20.7. The Morgan fingerprint density at radius 2 is 2.17 bits per heavy atom. The van der Waals surface area contributed by atoms with Gasteiger partial charge in [0.25, 0.3) is 0 Å². The van der Waals surface area contributed by atoms with Crippen molar-refractivity contribution in [3.63, 3.8) is 0 Å². The largest absolute Gasteiger partial charge is 0.355 e. The molecule has 8 nitrogen and oxygen atoms in total. The lowest BCUT2D eigenvalue weighted by Crippen LogP contribution is -2.46. The molecule has 5 atom stereocenters. The molecule has 0 aliphatic carbocycles. The highest BCUT2D eigenvalue weighted by Gasteiger charge is 2.42. The van der Waals surface area contributed by atoms with Crippen LogP contribution in [0.1, 0.15) is 55.1 Å². The fourth-order valence-corrected chi connectivity index (χ4v) is 5.36. The minimum atomic E-state index is 0.208. The van der Waals surface area contributed by atoms with Crippen molar-refractivity contribution < 1.29 is 0 Å². The van der Waals surface area contributed by atoms with Gasteiger partial charge in [-0.15, -0.1) is 0 Å². The Bertz CT molecular complexity index is 880. The number of pyridine rings is 1. The van der Waals surface area contributed by atoms with E-state index in [0.717, 1.165) is 56.8 Å². The van der Waals surface area contributed by atoms with Crippen LogP contribution in [-0.2, 0) is 13.5 Å². The fraction of sp³-hybridized carbons (Fsp3) is 0.636. The molecule has 3 aliphatic heterocycles. The van der Waals surface area contributed by atoms with Crippen molar-refractivity contribution in [2.24, 2.45) is 18.7 Å². The number of hydrogen-bond donors (Lipinski definition) is 4. The Balaban J connectivity index is 1.40. The van der Waals surface area contributed by atoms with Crippen LogP contribution in [0.25, 0.3) is 0 Å². The maximum atomic E-state index is 6.27. The SMILES string of the molecule is CCc1ccc(C2NNC3CNC(c4cnn(C)c4)CC32)nc1N1CCC[C@H](N)C1. The highest BCUT2D eigenvalue weighted by Crippen LogP contribution is 2.38. The first-order valence-electron chi connectivity index (χ1n) is 11.4. The van der Waals surface area contributed by atoms with E-state index in [0.29, 0.717) is 18.0 Å². The highest BCUT2D eigenvalue weighted by molar-refractivity contribution is 5.49. The molecule has 5 rings (SSSR count). The van der Waals surface area contributed by atoms with E-state index >= 15 is 0 Å². The highest BCUT2D eigenvalue weighted by atomic mass is 15.4. The Hall–Kier alpha value is -2.00. The average molecular weight is 411 g/mol. The van der Waals surface area contributed by atoms with Gasteiger partial charge in [-0.3, -0.25) is 10.1 Å². The summed E-state index contributed by atoms with van der Waals surface area (Å²) in [6, 6.07) is 5.68. The number of piperidine rings is 2. The number of anilines is 1. The fourth-order valence-electron chi connectivity index (χ4n) is 5.36. The van der Waals surface area contributed by atoms with Crippen molar-refractivity contribution in [3.8, 4) is 0 Å². The molecule has 0 radical (unpaired) electrons. The molecule has 30 heavy (non-hydrogen) atoms. The number of nitrogens with two attached hydrogens (primary N) is 1. The first-order chi connectivity index (χ1) is 14.6. The van der Waals surface area contributed by atoms with Crippen LogP contribution < -0.4 is 26.8 Å². The topological polar surface area (TPSA) is 96.1 Å². The monoisotopic (exact) mass is 410 g/mol. The van der Waals surface area contributed by atoms with E-state index in [1.165, 1.54) is 11.1 Å². The summed E-state index contributed by atoms with van der Waals surface area (Å²) in [6.45, 7) is 5.10. The third kappa shape index (κ3) is 3.73. The molecule has 0 amide bonds. The molecule has 3 saturated heterocycles. The molecular formula is C22H34N8. The second-order valence-electron chi connectivity index (χ2n) is 9.10. The molecule has 5 heterocycles. The maximum absolute atomic E-state index is 6.27. The Kier molecular flexibility index (Phi) is 5.49. The van der Waals surface area contributed by atoms with Gasteiger partial charge in [0.05, 0.1) is 17.9 Å². The molecular weight excluding hydrogens is 376 g/mol. The summed E-state index contributed by atoms with van der Waals surface area (Å²) in [7, 11) is 1.98. The van der Waals surface area contributed by atoms with Gasteiger partial charge in [0.1, 0.15) is 5.82 Å². The van der Waals surface area contributed by atoms with Crippen molar-refractivity contribution in [1.29, 1.82) is 0 Å². The van der Waals surface area contributed by atoms with Gasteiger partial charge < -0.3 is 16.0 Å². The molecule has 5 N–H and O–H groups in total. The molecule has 4 unspecified atom stereocenters. The molecule has 0 spiro atoms. The minimum Gasteiger partial charge on any atom is -0.355 e. The summed E-state index contributed by atoms with van der Waals surface area (Å²) in [5.74, 6) is 1.61. The number of nitrogens with one attached hydrogen (secondary N) is 3. The van der Waals surface area contributed by atoms with Crippen LogP contribution >= 0.6 is 0 Å². The summed E-state index contributed by atoms with van der Waals surface area (Å²) >= 11 is 0.